The zero-order valence-electron chi connectivity index (χ0n) is 11.5. The monoisotopic (exact) mass is 460 g/mol. The highest BCUT2D eigenvalue weighted by Crippen LogP contribution is 2.39. The van der Waals surface area contributed by atoms with Crippen LogP contribution in [0.25, 0.3) is 16.7 Å². The Balaban J connectivity index is 2.41. The van der Waals surface area contributed by atoms with E-state index < -0.39 is 16.8 Å². The average molecular weight is 463 g/mol. The summed E-state index contributed by atoms with van der Waals surface area (Å²) in [5.74, 6) is -0.536. The van der Waals surface area contributed by atoms with Gasteiger partial charge in [0.1, 0.15) is 11.5 Å². The summed E-state index contributed by atoms with van der Waals surface area (Å²) in [5, 5.41) is 10.9. The Morgan fingerprint density at radius 1 is 1.48 bits per heavy atom. The zero-order chi connectivity index (χ0) is 16.9. The summed E-state index contributed by atoms with van der Waals surface area (Å²) in [6, 6.07) is 1.59. The van der Waals surface area contributed by atoms with E-state index in [1.165, 1.54) is 6.20 Å². The molecule has 1 aliphatic rings. The summed E-state index contributed by atoms with van der Waals surface area (Å²) in [4.78, 5) is 15.7. The second kappa shape index (κ2) is 5.94. The number of alkyl halides is 1. The maximum absolute atomic E-state index is 11.8. The number of nitrogen functional groups attached to an aromatic ring is 1. The number of anilines is 1. The molecule has 120 valence electrons. The summed E-state index contributed by atoms with van der Waals surface area (Å²) >= 11 is 12.9. The third-order valence-electron chi connectivity index (χ3n) is 3.54. The highest BCUT2D eigenvalue weighted by molar-refractivity contribution is 9.12. The molecular weight excluding hydrogens is 451 g/mol. The Labute approximate surface area is 153 Å². The summed E-state index contributed by atoms with van der Waals surface area (Å²) in [6.45, 7) is 0. The van der Waals surface area contributed by atoms with Gasteiger partial charge in [0, 0.05) is 16.1 Å². The van der Waals surface area contributed by atoms with Gasteiger partial charge >= 0.3 is 0 Å². The van der Waals surface area contributed by atoms with Crippen molar-refractivity contribution in [1.82, 2.24) is 9.55 Å². The number of aliphatic hydroxyl groups excluding tert-OH is 1. The third-order valence-corrected chi connectivity index (χ3v) is 5.40. The molecule has 2 atom stereocenters. The molecule has 2 aromatic heterocycles. The van der Waals surface area contributed by atoms with Crippen LogP contribution in [0.5, 0.6) is 0 Å². The molecule has 0 aliphatic heterocycles. The van der Waals surface area contributed by atoms with Crippen LogP contribution in [0, 0.1) is 0 Å². The number of allylic oxidation sites excluding steroid dienone is 2. The Kier molecular flexibility index (Phi) is 4.26. The van der Waals surface area contributed by atoms with Crippen LogP contribution in [0.4, 0.5) is 5.82 Å². The summed E-state index contributed by atoms with van der Waals surface area (Å²) in [6.07, 6.45) is 4.04. The lowest BCUT2D eigenvalue weighted by Gasteiger charge is -2.25. The van der Waals surface area contributed by atoms with Crippen LogP contribution in [0.2, 0.25) is 5.02 Å². The van der Waals surface area contributed by atoms with Gasteiger partial charge in [-0.05, 0) is 28.1 Å². The van der Waals surface area contributed by atoms with E-state index in [1.54, 1.807) is 22.8 Å². The lowest BCUT2D eigenvalue weighted by Crippen LogP contribution is -2.26. The molecule has 9 heteroatoms. The molecule has 1 amide bonds. The Bertz CT molecular complexity index is 891. The largest absolute Gasteiger partial charge is 0.387 e. The number of fused-ring (bicyclic) bond motifs is 1. The fourth-order valence-corrected chi connectivity index (χ4v) is 4.22. The number of nitrogens with zero attached hydrogens (tertiary/aromatic N) is 2. The van der Waals surface area contributed by atoms with Crippen LogP contribution >= 0.6 is 43.5 Å². The van der Waals surface area contributed by atoms with Gasteiger partial charge in [-0.15, -0.1) is 0 Å². The van der Waals surface area contributed by atoms with Crippen LogP contribution in [-0.4, -0.2) is 31.5 Å². The normalized spacial score (nSPS) is 21.2. The molecule has 3 rings (SSSR count). The second-order valence-electron chi connectivity index (χ2n) is 4.97. The molecule has 23 heavy (non-hydrogen) atoms. The van der Waals surface area contributed by atoms with Crippen molar-refractivity contribution >= 4 is 71.9 Å². The predicted molar refractivity (Wildman–Crippen MR) is 97.7 cm³/mol. The van der Waals surface area contributed by atoms with E-state index in [9.17, 15) is 9.90 Å². The van der Waals surface area contributed by atoms with Crippen molar-refractivity contribution in [2.24, 2.45) is 5.73 Å². The van der Waals surface area contributed by atoms with Crippen molar-refractivity contribution in [1.29, 1.82) is 0 Å². The van der Waals surface area contributed by atoms with Gasteiger partial charge in [-0.2, -0.15) is 0 Å². The molecule has 2 aromatic rings. The molecule has 1 aliphatic carbocycles. The quantitative estimate of drug-likeness (QED) is 0.597. The molecule has 2 heterocycles. The number of amides is 1. The van der Waals surface area contributed by atoms with Gasteiger partial charge in [-0.25, -0.2) is 4.98 Å². The van der Waals surface area contributed by atoms with E-state index in [0.29, 0.717) is 26.2 Å². The minimum Gasteiger partial charge on any atom is -0.387 e. The molecule has 0 unspecified atom stereocenters. The number of primary amides is 1. The molecule has 0 saturated heterocycles. The first kappa shape index (κ1) is 16.5. The Morgan fingerprint density at radius 3 is 2.83 bits per heavy atom. The summed E-state index contributed by atoms with van der Waals surface area (Å²) < 4.78 is 2.28. The van der Waals surface area contributed by atoms with Gasteiger partial charge in [0.15, 0.2) is 0 Å². The highest BCUT2D eigenvalue weighted by Gasteiger charge is 2.30. The van der Waals surface area contributed by atoms with Gasteiger partial charge in [-0.3, -0.25) is 9.36 Å². The lowest BCUT2D eigenvalue weighted by molar-refractivity contribution is 0.100. The van der Waals surface area contributed by atoms with Gasteiger partial charge in [-0.1, -0.05) is 33.6 Å². The first-order valence-corrected chi connectivity index (χ1v) is 8.57. The van der Waals surface area contributed by atoms with Gasteiger partial charge < -0.3 is 16.6 Å². The molecule has 6 nitrogen and oxygen atoms in total. The lowest BCUT2D eigenvalue weighted by atomic mass is 10.1. The SMILES string of the molecule is NC(=O)c1c(N)n(C2=C(Br)C=C[C@@H](O)[C@H]2Br)c2ncc(Cl)cc12. The number of carbonyl (C=O) groups excluding carboxylic acids is 1. The topological polar surface area (TPSA) is 107 Å². The van der Waals surface area contributed by atoms with E-state index in [1.807, 2.05) is 0 Å². The van der Waals surface area contributed by atoms with Crippen LogP contribution in [0.1, 0.15) is 10.4 Å². The molecule has 0 saturated carbocycles. The molecule has 5 N–H and O–H groups in total. The van der Waals surface area contributed by atoms with Crippen LogP contribution in [0.15, 0.2) is 28.9 Å². The molecule has 0 bridgehead atoms. The zero-order valence-corrected chi connectivity index (χ0v) is 15.4. The van der Waals surface area contributed by atoms with Crippen molar-refractivity contribution < 1.29 is 9.90 Å². The van der Waals surface area contributed by atoms with Crippen molar-refractivity contribution in [3.63, 3.8) is 0 Å². The number of hydrogen-bond donors (Lipinski definition) is 3. The number of aromatic nitrogens is 2. The number of pyridine rings is 1. The van der Waals surface area contributed by atoms with Crippen molar-refractivity contribution in [3.8, 4) is 0 Å². The average Bonchev–Trinajstić information content (AvgIpc) is 2.75. The third kappa shape index (κ3) is 2.59. The number of rotatable bonds is 2. The first-order chi connectivity index (χ1) is 10.8. The fraction of sp³-hybridized carbons (Fsp3) is 0.143. The van der Waals surface area contributed by atoms with E-state index in [2.05, 4.69) is 36.8 Å². The van der Waals surface area contributed by atoms with Gasteiger partial charge in [0.05, 0.1) is 27.2 Å². The van der Waals surface area contributed by atoms with E-state index >= 15 is 0 Å². The number of carbonyl (C=O) groups is 1. The van der Waals surface area contributed by atoms with Crippen LogP contribution in [0.3, 0.4) is 0 Å². The molecule has 0 spiro atoms. The minimum atomic E-state index is -0.757. The Morgan fingerprint density at radius 2 is 2.17 bits per heavy atom. The highest BCUT2D eigenvalue weighted by atomic mass is 79.9. The summed E-state index contributed by atoms with van der Waals surface area (Å²) in [7, 11) is 0. The van der Waals surface area contributed by atoms with Crippen LogP contribution < -0.4 is 11.5 Å². The standard InChI is InChI=1S/C14H11Br2ClN4O2/c15-7-1-2-8(22)10(16)11(7)21-12(18)9(13(19)23)6-3-5(17)4-20-14(6)21/h1-4,8,10,22H,18H2,(H2,19,23)/t8-,10-/m1/s1. The van der Waals surface area contributed by atoms with Crippen molar-refractivity contribution in [2.45, 2.75) is 10.9 Å². The molecular formula is C14H11Br2ClN4O2. The number of nitrogens with two attached hydrogens (primary N) is 2. The second-order valence-corrected chi connectivity index (χ2v) is 7.25. The molecule has 0 radical (unpaired) electrons. The van der Waals surface area contributed by atoms with Crippen LogP contribution in [-0.2, 0) is 0 Å². The maximum atomic E-state index is 11.8. The Hall–Kier alpha value is -1.35. The molecule has 0 fully saturated rings. The first-order valence-electron chi connectivity index (χ1n) is 6.48. The van der Waals surface area contributed by atoms with Gasteiger partial charge in [0.2, 0.25) is 0 Å². The number of hydrogen-bond acceptors (Lipinski definition) is 4. The molecule has 0 aromatic carbocycles. The maximum Gasteiger partial charge on any atom is 0.253 e. The number of halogens is 3. The predicted octanol–water partition coefficient (Wildman–Crippen LogP) is 2.63. The van der Waals surface area contributed by atoms with E-state index in [0.717, 1.165) is 0 Å². The van der Waals surface area contributed by atoms with E-state index in [-0.39, 0.29) is 11.4 Å². The van der Waals surface area contributed by atoms with Gasteiger partial charge in [0.25, 0.3) is 5.91 Å². The minimum absolute atomic E-state index is 0.140. The van der Waals surface area contributed by atoms with Crippen molar-refractivity contribution in [3.05, 3.63) is 39.5 Å². The van der Waals surface area contributed by atoms with E-state index in [4.69, 9.17) is 23.1 Å². The van der Waals surface area contributed by atoms with Crippen molar-refractivity contribution in [2.75, 3.05) is 5.73 Å². The summed E-state index contributed by atoms with van der Waals surface area (Å²) in [5.41, 5.74) is 12.8. The smallest absolute Gasteiger partial charge is 0.253 e. The number of aliphatic hydroxyl groups is 1. The fourth-order valence-electron chi connectivity index (χ4n) is 2.55.